The molecule has 1 aliphatic carbocycles. The lowest BCUT2D eigenvalue weighted by Gasteiger charge is -2.41. The van der Waals surface area contributed by atoms with Gasteiger partial charge in [0.1, 0.15) is 22.7 Å². The number of ether oxygens (including phenoxy) is 1. The van der Waals surface area contributed by atoms with Crippen LogP contribution in [0.4, 0.5) is 0 Å². The van der Waals surface area contributed by atoms with Gasteiger partial charge in [0.25, 0.3) is 15.9 Å². The summed E-state index contributed by atoms with van der Waals surface area (Å²) in [5.41, 5.74) is -1.54. The van der Waals surface area contributed by atoms with Gasteiger partial charge >= 0.3 is 0 Å². The maximum absolute atomic E-state index is 13.0. The Labute approximate surface area is 176 Å². The molecule has 9 heteroatoms. The summed E-state index contributed by atoms with van der Waals surface area (Å²) in [6.45, 7) is 4.03. The van der Waals surface area contributed by atoms with Crippen molar-refractivity contribution in [2.45, 2.75) is 56.9 Å². The van der Waals surface area contributed by atoms with E-state index in [2.05, 4.69) is 5.32 Å². The van der Waals surface area contributed by atoms with Crippen LogP contribution in [0.25, 0.3) is 0 Å². The first kappa shape index (κ1) is 22.4. The van der Waals surface area contributed by atoms with Crippen molar-refractivity contribution in [2.75, 3.05) is 13.7 Å². The summed E-state index contributed by atoms with van der Waals surface area (Å²) in [4.78, 5) is 38.5. The van der Waals surface area contributed by atoms with E-state index in [1.54, 1.807) is 0 Å². The van der Waals surface area contributed by atoms with Gasteiger partial charge < -0.3 is 10.1 Å². The molecule has 0 bridgehead atoms. The SMILES string of the molecule is CCC1(CC)CC(=O)C2(CN[C@@H](C(=O)NS(=O)(=O)c3ccc(OC)cc3)C2)C(=O)C1. The van der Waals surface area contributed by atoms with Crippen LogP contribution in [-0.2, 0) is 24.4 Å². The van der Waals surface area contributed by atoms with Crippen molar-refractivity contribution < 1.29 is 27.5 Å². The molecule has 1 amide bonds. The first-order chi connectivity index (χ1) is 14.1. The van der Waals surface area contributed by atoms with Gasteiger partial charge in [-0.15, -0.1) is 0 Å². The smallest absolute Gasteiger partial charge is 0.264 e. The molecule has 30 heavy (non-hydrogen) atoms. The lowest BCUT2D eigenvalue weighted by atomic mass is 9.59. The van der Waals surface area contributed by atoms with Crippen LogP contribution in [0.2, 0.25) is 0 Å². The predicted octanol–water partition coefficient (Wildman–Crippen LogP) is 1.59. The minimum Gasteiger partial charge on any atom is -0.497 e. The monoisotopic (exact) mass is 436 g/mol. The fourth-order valence-electron chi connectivity index (χ4n) is 4.41. The van der Waals surface area contributed by atoms with E-state index in [9.17, 15) is 22.8 Å². The van der Waals surface area contributed by atoms with Gasteiger partial charge in [0.15, 0.2) is 0 Å². The molecule has 2 aliphatic rings. The van der Waals surface area contributed by atoms with Crippen molar-refractivity contribution in [3.05, 3.63) is 24.3 Å². The van der Waals surface area contributed by atoms with E-state index in [1.165, 1.54) is 31.4 Å². The fourth-order valence-corrected chi connectivity index (χ4v) is 5.42. The highest BCUT2D eigenvalue weighted by Crippen LogP contribution is 2.48. The van der Waals surface area contributed by atoms with Gasteiger partial charge in [-0.2, -0.15) is 0 Å². The lowest BCUT2D eigenvalue weighted by Crippen LogP contribution is -2.50. The molecule has 2 N–H and O–H groups in total. The number of hydrogen-bond acceptors (Lipinski definition) is 7. The van der Waals surface area contributed by atoms with Crippen LogP contribution in [0.5, 0.6) is 5.75 Å². The molecule has 1 saturated carbocycles. The Morgan fingerprint density at radius 2 is 1.70 bits per heavy atom. The molecule has 0 unspecified atom stereocenters. The molecule has 0 aromatic heterocycles. The van der Waals surface area contributed by atoms with Crippen LogP contribution in [0, 0.1) is 10.8 Å². The second kappa shape index (κ2) is 8.11. The summed E-state index contributed by atoms with van der Waals surface area (Å²) < 4.78 is 32.1. The molecule has 1 aromatic carbocycles. The maximum atomic E-state index is 13.0. The van der Waals surface area contributed by atoms with Crippen molar-refractivity contribution in [3.63, 3.8) is 0 Å². The number of amides is 1. The first-order valence-electron chi connectivity index (χ1n) is 10.1. The van der Waals surface area contributed by atoms with Crippen LogP contribution < -0.4 is 14.8 Å². The van der Waals surface area contributed by atoms with Crippen LogP contribution in [0.15, 0.2) is 29.2 Å². The number of carbonyl (C=O) groups excluding carboxylic acids is 3. The molecule has 1 heterocycles. The topological polar surface area (TPSA) is 119 Å². The molecule has 1 spiro atoms. The van der Waals surface area contributed by atoms with Gasteiger partial charge in [0.2, 0.25) is 0 Å². The fraction of sp³-hybridized carbons (Fsp3) is 0.571. The predicted molar refractivity (Wildman–Crippen MR) is 109 cm³/mol. The summed E-state index contributed by atoms with van der Waals surface area (Å²) in [7, 11) is -2.62. The molecule has 1 saturated heterocycles. The zero-order valence-electron chi connectivity index (χ0n) is 17.5. The van der Waals surface area contributed by atoms with Crippen LogP contribution in [0.1, 0.15) is 46.0 Å². The highest BCUT2D eigenvalue weighted by molar-refractivity contribution is 7.90. The number of rotatable bonds is 6. The van der Waals surface area contributed by atoms with Gasteiger partial charge in [-0.1, -0.05) is 13.8 Å². The third kappa shape index (κ3) is 3.88. The minimum atomic E-state index is -4.08. The number of methoxy groups -OCH3 is 1. The van der Waals surface area contributed by atoms with Gasteiger partial charge in [-0.25, -0.2) is 13.1 Å². The third-order valence-electron chi connectivity index (χ3n) is 6.76. The second-order valence-corrected chi connectivity index (χ2v) is 9.95. The van der Waals surface area contributed by atoms with Crippen molar-refractivity contribution in [1.82, 2.24) is 10.0 Å². The van der Waals surface area contributed by atoms with E-state index in [1.807, 2.05) is 18.6 Å². The summed E-state index contributed by atoms with van der Waals surface area (Å²) >= 11 is 0. The Hall–Kier alpha value is -2.26. The molecular formula is C21H28N2O6S. The summed E-state index contributed by atoms with van der Waals surface area (Å²) in [6, 6.07) is 4.70. The second-order valence-electron chi connectivity index (χ2n) is 8.27. The van der Waals surface area contributed by atoms with Crippen molar-refractivity contribution >= 4 is 27.5 Å². The number of Topliss-reactive ketones (excluding diaryl/α,β-unsaturated/α-hetero) is 2. The minimum absolute atomic E-state index is 0.0157. The molecule has 164 valence electrons. The highest BCUT2D eigenvalue weighted by Gasteiger charge is 2.57. The Bertz CT molecular complexity index is 930. The Morgan fingerprint density at radius 3 is 2.20 bits per heavy atom. The van der Waals surface area contributed by atoms with Crippen LogP contribution in [-0.4, -0.2) is 45.6 Å². The maximum Gasteiger partial charge on any atom is 0.264 e. The van der Waals surface area contributed by atoms with Gasteiger partial charge in [0, 0.05) is 19.4 Å². The third-order valence-corrected chi connectivity index (χ3v) is 8.13. The molecule has 1 aromatic rings. The van der Waals surface area contributed by atoms with E-state index in [4.69, 9.17) is 4.74 Å². The largest absolute Gasteiger partial charge is 0.497 e. The summed E-state index contributed by atoms with van der Waals surface area (Å²) in [5.74, 6) is -0.582. The normalized spacial score (nSPS) is 22.8. The van der Waals surface area contributed by atoms with Crippen molar-refractivity contribution in [1.29, 1.82) is 0 Å². The highest BCUT2D eigenvalue weighted by atomic mass is 32.2. The molecule has 1 atom stereocenters. The Morgan fingerprint density at radius 1 is 1.13 bits per heavy atom. The van der Waals surface area contributed by atoms with E-state index < -0.39 is 27.4 Å². The zero-order chi connectivity index (χ0) is 22.2. The van der Waals surface area contributed by atoms with E-state index >= 15 is 0 Å². The van der Waals surface area contributed by atoms with Crippen molar-refractivity contribution in [3.8, 4) is 5.75 Å². The molecule has 3 rings (SSSR count). The van der Waals surface area contributed by atoms with Crippen LogP contribution in [0.3, 0.4) is 0 Å². The molecule has 0 radical (unpaired) electrons. The first-order valence-corrected chi connectivity index (χ1v) is 11.6. The number of carbonyl (C=O) groups is 3. The Kier molecular flexibility index (Phi) is 6.06. The summed E-state index contributed by atoms with van der Waals surface area (Å²) in [6.07, 6.45) is 2.10. The summed E-state index contributed by atoms with van der Waals surface area (Å²) in [5, 5.41) is 2.90. The van der Waals surface area contributed by atoms with E-state index in [0.717, 1.165) is 12.8 Å². The number of ketones is 2. The van der Waals surface area contributed by atoms with Gasteiger partial charge in [-0.05, 0) is 48.9 Å². The number of nitrogens with one attached hydrogen (secondary N) is 2. The molecule has 2 fully saturated rings. The standard InChI is InChI=1S/C21H28N2O6S/c1-4-20(5-2)11-17(24)21(18(25)12-20)10-16(22-13-21)19(26)23-30(27,28)15-8-6-14(29-3)7-9-15/h6-9,16,22H,4-5,10-13H2,1-3H3,(H,23,26)/t16-/m1/s1. The van der Waals surface area contributed by atoms with Crippen LogP contribution >= 0.6 is 0 Å². The lowest BCUT2D eigenvalue weighted by molar-refractivity contribution is -0.148. The van der Waals surface area contributed by atoms with Gasteiger partial charge in [0.05, 0.1) is 18.0 Å². The molecular weight excluding hydrogens is 408 g/mol. The van der Waals surface area contributed by atoms with E-state index in [-0.39, 0.29) is 34.8 Å². The molecule has 1 aliphatic heterocycles. The number of benzene rings is 1. The van der Waals surface area contributed by atoms with Crippen molar-refractivity contribution in [2.24, 2.45) is 10.8 Å². The number of hydrogen-bond donors (Lipinski definition) is 2. The Balaban J connectivity index is 1.72. The van der Waals surface area contributed by atoms with Gasteiger partial charge in [-0.3, -0.25) is 14.4 Å². The average molecular weight is 437 g/mol. The van der Waals surface area contributed by atoms with E-state index in [0.29, 0.717) is 18.6 Å². The zero-order valence-corrected chi connectivity index (χ0v) is 18.3. The average Bonchev–Trinajstić information content (AvgIpc) is 3.19. The number of sulfonamides is 1. The molecule has 8 nitrogen and oxygen atoms in total. The quantitative estimate of drug-likeness (QED) is 0.650.